The van der Waals surface area contributed by atoms with Crippen molar-refractivity contribution in [1.29, 1.82) is 5.26 Å². The zero-order valence-corrected chi connectivity index (χ0v) is 16.7. The van der Waals surface area contributed by atoms with Crippen LogP contribution in [0.2, 0.25) is 0 Å². The Hall–Kier alpha value is -3.44. The molecule has 2 N–H and O–H groups in total. The van der Waals surface area contributed by atoms with Gasteiger partial charge in [-0.25, -0.2) is 8.42 Å². The summed E-state index contributed by atoms with van der Waals surface area (Å²) >= 11 is 0. The molecular formula is C21H19N3O4S. The summed E-state index contributed by atoms with van der Waals surface area (Å²) in [6.07, 6.45) is 0. The molecule has 0 fully saturated rings. The molecule has 4 rings (SSSR count). The van der Waals surface area contributed by atoms with Crippen molar-refractivity contribution in [3.8, 4) is 11.8 Å². The van der Waals surface area contributed by atoms with Crippen molar-refractivity contribution < 1.29 is 17.9 Å². The summed E-state index contributed by atoms with van der Waals surface area (Å²) in [6, 6.07) is 16.1. The Labute approximate surface area is 169 Å². The first kappa shape index (κ1) is 18.9. The number of nitrogens with zero attached hydrogens (tertiary/aromatic N) is 2. The van der Waals surface area contributed by atoms with Crippen LogP contribution in [0.1, 0.15) is 24.0 Å². The van der Waals surface area contributed by atoms with Crippen LogP contribution in [-0.2, 0) is 14.8 Å². The second-order valence-corrected chi connectivity index (χ2v) is 8.38. The molecule has 0 spiro atoms. The molecule has 2 aliphatic rings. The third-order valence-corrected chi connectivity index (χ3v) is 7.11. The molecule has 2 aromatic rings. The molecule has 2 aliphatic heterocycles. The first-order valence-electron chi connectivity index (χ1n) is 9.02. The number of hydrogen-bond donors (Lipinski definition) is 1. The second kappa shape index (κ2) is 6.87. The molecule has 0 radical (unpaired) electrons. The average Bonchev–Trinajstić information content (AvgIpc) is 2.73. The van der Waals surface area contributed by atoms with Gasteiger partial charge in [0.2, 0.25) is 5.88 Å². The number of rotatable bonds is 3. The van der Waals surface area contributed by atoms with Gasteiger partial charge in [-0.2, -0.15) is 5.26 Å². The Morgan fingerprint density at radius 2 is 1.90 bits per heavy atom. The van der Waals surface area contributed by atoms with Crippen LogP contribution in [0.15, 0.2) is 64.9 Å². The quantitative estimate of drug-likeness (QED) is 0.835. The van der Waals surface area contributed by atoms with Gasteiger partial charge in [0, 0.05) is 17.7 Å². The SMILES string of the molecule is CCN1c2ccccc2C2=C(C(c3ccccc3OC)C(C#N)=C(N)O2)S1(=O)=O. The van der Waals surface area contributed by atoms with Crippen LogP contribution in [0.25, 0.3) is 5.76 Å². The molecule has 2 heterocycles. The zero-order valence-electron chi connectivity index (χ0n) is 15.9. The Bertz CT molecular complexity index is 1210. The fourth-order valence-corrected chi connectivity index (χ4v) is 5.79. The summed E-state index contributed by atoms with van der Waals surface area (Å²) in [5.74, 6) is -0.439. The highest BCUT2D eigenvalue weighted by atomic mass is 32.2. The molecule has 148 valence electrons. The van der Waals surface area contributed by atoms with Crippen molar-refractivity contribution in [2.45, 2.75) is 12.8 Å². The first-order chi connectivity index (χ1) is 14.0. The number of para-hydroxylation sites is 2. The molecule has 0 saturated heterocycles. The van der Waals surface area contributed by atoms with E-state index in [9.17, 15) is 13.7 Å². The van der Waals surface area contributed by atoms with Gasteiger partial charge in [-0.05, 0) is 25.1 Å². The van der Waals surface area contributed by atoms with Gasteiger partial charge in [0.25, 0.3) is 10.0 Å². The Balaban J connectivity index is 2.10. The van der Waals surface area contributed by atoms with E-state index in [2.05, 4.69) is 0 Å². The largest absolute Gasteiger partial charge is 0.496 e. The molecular weight excluding hydrogens is 390 g/mol. The van der Waals surface area contributed by atoms with E-state index in [1.54, 1.807) is 55.5 Å². The minimum Gasteiger partial charge on any atom is -0.496 e. The lowest BCUT2D eigenvalue weighted by Crippen LogP contribution is -2.39. The molecule has 0 aliphatic carbocycles. The van der Waals surface area contributed by atoms with E-state index >= 15 is 0 Å². The van der Waals surface area contributed by atoms with E-state index in [0.717, 1.165) is 0 Å². The predicted octanol–water partition coefficient (Wildman–Crippen LogP) is 3.04. The van der Waals surface area contributed by atoms with Crippen molar-refractivity contribution in [1.82, 2.24) is 0 Å². The van der Waals surface area contributed by atoms with Gasteiger partial charge in [-0.1, -0.05) is 30.3 Å². The van der Waals surface area contributed by atoms with E-state index in [0.29, 0.717) is 22.6 Å². The van der Waals surface area contributed by atoms with Crippen LogP contribution in [0, 0.1) is 11.3 Å². The van der Waals surface area contributed by atoms with Crippen LogP contribution in [0.3, 0.4) is 0 Å². The lowest BCUT2D eigenvalue weighted by atomic mass is 9.87. The zero-order chi connectivity index (χ0) is 20.8. The van der Waals surface area contributed by atoms with Crippen molar-refractivity contribution in [2.24, 2.45) is 5.73 Å². The average molecular weight is 409 g/mol. The minimum absolute atomic E-state index is 0.00620. The number of fused-ring (bicyclic) bond motifs is 2. The van der Waals surface area contributed by atoms with Crippen molar-refractivity contribution in [3.63, 3.8) is 0 Å². The van der Waals surface area contributed by atoms with E-state index < -0.39 is 15.9 Å². The van der Waals surface area contributed by atoms with Crippen molar-refractivity contribution >= 4 is 21.5 Å². The van der Waals surface area contributed by atoms with Gasteiger partial charge in [0.05, 0.1) is 18.7 Å². The van der Waals surface area contributed by atoms with Gasteiger partial charge in [-0.3, -0.25) is 4.31 Å². The first-order valence-corrected chi connectivity index (χ1v) is 10.5. The summed E-state index contributed by atoms with van der Waals surface area (Å²) in [7, 11) is -2.49. The van der Waals surface area contributed by atoms with Crippen molar-refractivity contribution in [3.05, 3.63) is 76.0 Å². The van der Waals surface area contributed by atoms with E-state index in [-0.39, 0.29) is 28.7 Å². The molecule has 0 saturated carbocycles. The molecule has 0 aromatic heterocycles. The maximum Gasteiger partial charge on any atom is 0.265 e. The monoisotopic (exact) mass is 409 g/mol. The van der Waals surface area contributed by atoms with Gasteiger partial charge in [0.15, 0.2) is 5.76 Å². The second-order valence-electron chi connectivity index (χ2n) is 6.55. The third kappa shape index (κ3) is 2.66. The molecule has 7 nitrogen and oxygen atoms in total. The van der Waals surface area contributed by atoms with Gasteiger partial charge >= 0.3 is 0 Å². The topological polar surface area (TPSA) is 106 Å². The fraction of sp³-hybridized carbons (Fsp3) is 0.190. The minimum atomic E-state index is -3.99. The molecule has 8 heteroatoms. The number of anilines is 1. The lowest BCUT2D eigenvalue weighted by molar-refractivity contribution is 0.355. The summed E-state index contributed by atoms with van der Waals surface area (Å²) in [6.45, 7) is 1.99. The number of sulfonamides is 1. The van der Waals surface area contributed by atoms with Gasteiger partial charge < -0.3 is 15.2 Å². The van der Waals surface area contributed by atoms with E-state index in [1.807, 2.05) is 6.07 Å². The number of nitrogens with two attached hydrogens (primary N) is 1. The van der Waals surface area contributed by atoms with Crippen LogP contribution in [-0.4, -0.2) is 22.1 Å². The Morgan fingerprint density at radius 3 is 2.59 bits per heavy atom. The van der Waals surface area contributed by atoms with Crippen LogP contribution < -0.4 is 14.8 Å². The smallest absolute Gasteiger partial charge is 0.265 e. The van der Waals surface area contributed by atoms with E-state index in [1.165, 1.54) is 11.4 Å². The van der Waals surface area contributed by atoms with Gasteiger partial charge in [-0.15, -0.1) is 0 Å². The normalized spacial score (nSPS) is 19.8. The lowest BCUT2D eigenvalue weighted by Gasteiger charge is -2.37. The Morgan fingerprint density at radius 1 is 1.21 bits per heavy atom. The third-order valence-electron chi connectivity index (χ3n) is 5.10. The molecule has 1 unspecified atom stereocenters. The number of hydrogen-bond acceptors (Lipinski definition) is 6. The summed E-state index contributed by atoms with van der Waals surface area (Å²) in [4.78, 5) is -0.00620. The number of nitriles is 1. The summed E-state index contributed by atoms with van der Waals surface area (Å²) in [5, 5.41) is 9.80. The highest BCUT2D eigenvalue weighted by molar-refractivity contribution is 7.97. The number of methoxy groups -OCH3 is 1. The van der Waals surface area contributed by atoms with E-state index in [4.69, 9.17) is 15.2 Å². The standard InChI is InChI=1S/C21H19N3O4S/c1-3-24-16-10-6-4-8-13(16)19-20(29(24,25)26)18(15(12-22)21(23)28-19)14-9-5-7-11-17(14)27-2/h4-11,18H,3,23H2,1-2H3. The van der Waals surface area contributed by atoms with Crippen molar-refractivity contribution in [2.75, 3.05) is 18.0 Å². The number of ether oxygens (including phenoxy) is 2. The maximum atomic E-state index is 13.7. The molecule has 0 amide bonds. The predicted molar refractivity (Wildman–Crippen MR) is 109 cm³/mol. The summed E-state index contributed by atoms with van der Waals surface area (Å²) in [5.41, 5.74) is 7.77. The van der Waals surface area contributed by atoms with Gasteiger partial charge in [0.1, 0.15) is 22.3 Å². The molecule has 29 heavy (non-hydrogen) atoms. The number of benzene rings is 2. The molecule has 1 atom stereocenters. The fourth-order valence-electron chi connectivity index (χ4n) is 3.87. The molecule has 2 aromatic carbocycles. The summed E-state index contributed by atoms with van der Waals surface area (Å²) < 4.78 is 39.9. The Kier molecular flexibility index (Phi) is 4.47. The highest BCUT2D eigenvalue weighted by Crippen LogP contribution is 2.52. The van der Waals surface area contributed by atoms with Crippen LogP contribution in [0.5, 0.6) is 5.75 Å². The highest BCUT2D eigenvalue weighted by Gasteiger charge is 2.47. The molecule has 0 bridgehead atoms. The van der Waals surface area contributed by atoms with Crippen LogP contribution in [0.4, 0.5) is 5.69 Å². The maximum absolute atomic E-state index is 13.7. The number of allylic oxidation sites excluding steroid dienone is 2. The van der Waals surface area contributed by atoms with Crippen LogP contribution >= 0.6 is 0 Å².